The molecule has 7 rings (SSSR count). The number of azo groups is 1. The molecule has 4 aromatic carbocycles. The van der Waals surface area contributed by atoms with Crippen LogP contribution in [0.5, 0.6) is 28.7 Å². The normalized spacial score (nSPS) is 12.8. The van der Waals surface area contributed by atoms with E-state index in [1.165, 1.54) is 35.1 Å². The van der Waals surface area contributed by atoms with Gasteiger partial charge in [-0.25, -0.2) is 14.4 Å². The minimum atomic E-state index is -0.805. The van der Waals surface area contributed by atoms with Crippen LogP contribution >= 0.6 is 0 Å². The zero-order valence-electron chi connectivity index (χ0n) is 33.1. The van der Waals surface area contributed by atoms with Crippen molar-refractivity contribution < 1.29 is 52.5 Å². The van der Waals surface area contributed by atoms with Gasteiger partial charge in [-0.15, -0.1) is 0 Å². The molecule has 0 spiro atoms. The average molecular weight is 791 g/mol. The fraction of sp³-hybridized carbons (Fsp3) is 0.302. The molecule has 0 bridgehead atoms. The number of methoxy groups -OCH3 is 1. The second-order valence-electron chi connectivity index (χ2n) is 14.9. The molecule has 1 N–H and O–H groups in total. The van der Waals surface area contributed by atoms with Crippen LogP contribution in [0.3, 0.4) is 0 Å². The molecule has 300 valence electrons. The topological polar surface area (TPSA) is 162 Å². The zero-order valence-corrected chi connectivity index (χ0v) is 33.1. The Bertz CT molecular complexity index is 2430. The lowest BCUT2D eigenvalue weighted by atomic mass is 9.95. The van der Waals surface area contributed by atoms with Crippen LogP contribution in [0.1, 0.15) is 42.3 Å². The summed E-state index contributed by atoms with van der Waals surface area (Å²) in [6.07, 6.45) is 1.70. The lowest BCUT2D eigenvalue weighted by molar-refractivity contribution is -0.686. The van der Waals surface area contributed by atoms with Crippen molar-refractivity contribution in [1.82, 2.24) is 9.80 Å². The summed E-state index contributed by atoms with van der Waals surface area (Å²) in [4.78, 5) is 41.1. The summed E-state index contributed by atoms with van der Waals surface area (Å²) in [6.45, 7) is 6.81. The number of pyridine rings is 1. The number of phenols is 1. The van der Waals surface area contributed by atoms with Gasteiger partial charge < -0.3 is 43.3 Å². The maximum atomic E-state index is 13.7. The molecule has 0 atom stereocenters. The van der Waals surface area contributed by atoms with E-state index in [0.717, 1.165) is 39.9 Å². The number of likely N-dealkylation sites (N-methyl/N-ethyl adjacent to an activating group) is 2. The molecule has 2 amide bonds. The highest BCUT2D eigenvalue weighted by Crippen LogP contribution is 2.42. The Morgan fingerprint density at radius 1 is 0.862 bits per heavy atom. The molecule has 5 aromatic rings. The highest BCUT2D eigenvalue weighted by molar-refractivity contribution is 5.99. The SMILES string of the molecule is COc1ccc2cc3[n+](cc2c1OC(=O)c1cc(N=Nc2ccc(COC(=O)N(C)CCN(C)C(=O)OC(C)(C)C)cc2)ccc1O)CCc1cc2c(cc1-3)OCO2. The summed E-state index contributed by atoms with van der Waals surface area (Å²) in [5.74, 6) is 0.925. The van der Waals surface area contributed by atoms with Crippen molar-refractivity contribution in [3.63, 3.8) is 0 Å². The number of rotatable bonds is 10. The van der Waals surface area contributed by atoms with Crippen LogP contribution < -0.4 is 23.5 Å². The molecule has 2 aliphatic rings. The molecule has 58 heavy (non-hydrogen) atoms. The van der Waals surface area contributed by atoms with Crippen molar-refractivity contribution in [2.24, 2.45) is 10.2 Å². The minimum Gasteiger partial charge on any atom is -0.507 e. The van der Waals surface area contributed by atoms with Crippen LogP contribution in [0.15, 0.2) is 89.2 Å². The number of carbonyl (C=O) groups excluding carboxylic acids is 3. The number of aromatic nitrogens is 1. The van der Waals surface area contributed by atoms with Gasteiger partial charge in [-0.05, 0) is 91.9 Å². The molecule has 3 heterocycles. The Morgan fingerprint density at radius 3 is 2.28 bits per heavy atom. The number of ether oxygens (including phenoxy) is 6. The Labute approximate surface area is 334 Å². The molecule has 0 saturated carbocycles. The monoisotopic (exact) mass is 790 g/mol. The number of carbonyl (C=O) groups is 3. The predicted molar refractivity (Wildman–Crippen MR) is 211 cm³/mol. The van der Waals surface area contributed by atoms with Crippen molar-refractivity contribution in [2.45, 2.75) is 45.9 Å². The number of hydrogen-bond acceptors (Lipinski definition) is 12. The minimum absolute atomic E-state index is 0.0232. The van der Waals surface area contributed by atoms with E-state index in [9.17, 15) is 19.5 Å². The number of esters is 1. The van der Waals surface area contributed by atoms with E-state index < -0.39 is 23.8 Å². The lowest BCUT2D eigenvalue weighted by Crippen LogP contribution is -2.40. The largest absolute Gasteiger partial charge is 0.507 e. The highest BCUT2D eigenvalue weighted by Gasteiger charge is 2.30. The Morgan fingerprint density at radius 2 is 1.55 bits per heavy atom. The number of aryl methyl sites for hydroxylation is 2. The number of hydrogen-bond donors (Lipinski definition) is 1. The number of phenolic OH excluding ortho intramolecular Hbond substituents is 1. The Hall–Kier alpha value is -6.90. The van der Waals surface area contributed by atoms with Gasteiger partial charge in [-0.3, -0.25) is 0 Å². The molecule has 2 aliphatic heterocycles. The fourth-order valence-corrected chi connectivity index (χ4v) is 6.41. The van der Waals surface area contributed by atoms with E-state index in [-0.39, 0.29) is 43.6 Å². The van der Waals surface area contributed by atoms with Crippen LogP contribution in [0, 0.1) is 0 Å². The number of amides is 2. The van der Waals surface area contributed by atoms with Crippen LogP contribution in [-0.2, 0) is 29.0 Å². The molecule has 0 fully saturated rings. The highest BCUT2D eigenvalue weighted by atomic mass is 16.7. The van der Waals surface area contributed by atoms with Crippen LogP contribution in [0.4, 0.5) is 21.0 Å². The summed E-state index contributed by atoms with van der Waals surface area (Å²) in [7, 11) is 4.69. The molecule has 15 nitrogen and oxygen atoms in total. The summed E-state index contributed by atoms with van der Waals surface area (Å²) >= 11 is 0. The molecule has 0 radical (unpaired) electrons. The Kier molecular flexibility index (Phi) is 11.1. The number of fused-ring (bicyclic) bond motifs is 5. The van der Waals surface area contributed by atoms with Gasteiger partial charge in [-0.1, -0.05) is 12.1 Å². The average Bonchev–Trinajstić information content (AvgIpc) is 3.67. The maximum absolute atomic E-state index is 13.7. The third kappa shape index (κ3) is 8.73. The summed E-state index contributed by atoms with van der Waals surface area (Å²) in [5.41, 5.74) is 4.01. The van der Waals surface area contributed by atoms with E-state index in [1.807, 2.05) is 30.5 Å². The predicted octanol–water partition coefficient (Wildman–Crippen LogP) is 7.86. The Balaban J connectivity index is 0.994. The standard InChI is InChI=1S/C43H43N5O10/c1-43(2,3)58-42(52)47(5)18-17-46(4)41(51)54-24-26-7-10-29(11-8-26)44-45-30-12-13-35(49)32(21-30)40(50)57-39-33-23-48-16-15-28-20-37-38(56-25-55-37)22-31(28)34(48)19-27(33)9-14-36(39)53-6/h7-14,19-23H,15-18,24-25H2,1-6H3/p+1. The van der Waals surface area contributed by atoms with Gasteiger partial charge in [0.15, 0.2) is 35.7 Å². The number of nitrogens with zero attached hydrogens (tertiary/aromatic N) is 5. The van der Waals surface area contributed by atoms with Gasteiger partial charge in [0, 0.05) is 39.7 Å². The van der Waals surface area contributed by atoms with Crippen molar-refractivity contribution >= 4 is 40.3 Å². The first-order valence-electron chi connectivity index (χ1n) is 18.6. The molecule has 1 aromatic heterocycles. The fourth-order valence-electron chi connectivity index (χ4n) is 6.41. The van der Waals surface area contributed by atoms with Gasteiger partial charge in [0.2, 0.25) is 12.5 Å². The van der Waals surface area contributed by atoms with Crippen LogP contribution in [-0.4, -0.2) is 79.8 Å². The van der Waals surface area contributed by atoms with Crippen molar-refractivity contribution in [1.29, 1.82) is 0 Å². The van der Waals surface area contributed by atoms with Crippen molar-refractivity contribution in [3.05, 3.63) is 95.7 Å². The van der Waals surface area contributed by atoms with E-state index >= 15 is 0 Å². The van der Waals surface area contributed by atoms with Gasteiger partial charge in [0.25, 0.3) is 0 Å². The second kappa shape index (κ2) is 16.3. The van der Waals surface area contributed by atoms with E-state index in [1.54, 1.807) is 65.2 Å². The number of benzene rings is 4. The summed E-state index contributed by atoms with van der Waals surface area (Å²) < 4.78 is 35.7. The third-order valence-electron chi connectivity index (χ3n) is 9.56. The zero-order chi connectivity index (χ0) is 41.1. The molecule has 15 heteroatoms. The van der Waals surface area contributed by atoms with Crippen LogP contribution in [0.25, 0.3) is 22.0 Å². The molecule has 0 unspecified atom stereocenters. The van der Waals surface area contributed by atoms with Crippen molar-refractivity contribution in [2.75, 3.05) is 41.1 Å². The lowest BCUT2D eigenvalue weighted by Gasteiger charge is -2.26. The smallest absolute Gasteiger partial charge is 0.410 e. The first-order valence-corrected chi connectivity index (χ1v) is 18.6. The first kappa shape index (κ1) is 39.3. The molecule has 0 aliphatic carbocycles. The van der Waals surface area contributed by atoms with Gasteiger partial charge in [0.05, 0.1) is 29.4 Å². The molecular weight excluding hydrogens is 746 g/mol. The maximum Gasteiger partial charge on any atom is 0.410 e. The van der Waals surface area contributed by atoms with E-state index in [0.29, 0.717) is 34.8 Å². The number of aromatic hydroxyl groups is 1. The van der Waals surface area contributed by atoms with E-state index in [2.05, 4.69) is 14.8 Å². The van der Waals surface area contributed by atoms with Crippen LogP contribution in [0.2, 0.25) is 0 Å². The third-order valence-corrected chi connectivity index (χ3v) is 9.56. The first-order chi connectivity index (χ1) is 27.8. The van der Waals surface area contributed by atoms with Crippen molar-refractivity contribution in [3.8, 4) is 40.0 Å². The summed E-state index contributed by atoms with van der Waals surface area (Å²) in [6, 6.07) is 20.9. The van der Waals surface area contributed by atoms with Gasteiger partial charge in [0.1, 0.15) is 23.5 Å². The van der Waals surface area contributed by atoms with E-state index in [4.69, 9.17) is 28.4 Å². The summed E-state index contributed by atoms with van der Waals surface area (Å²) in [5, 5.41) is 20.7. The quantitative estimate of drug-likeness (QED) is 0.0638. The van der Waals surface area contributed by atoms with Gasteiger partial charge >= 0.3 is 18.2 Å². The molecular formula is C43H44N5O10+. The second-order valence-corrected chi connectivity index (χ2v) is 14.9. The molecule has 0 saturated heterocycles. The van der Waals surface area contributed by atoms with Gasteiger partial charge in [-0.2, -0.15) is 14.8 Å².